The van der Waals surface area contributed by atoms with Crippen molar-refractivity contribution in [1.82, 2.24) is 15.1 Å². The molecule has 2 aromatic rings. The predicted molar refractivity (Wildman–Crippen MR) is 103 cm³/mol. The van der Waals surface area contributed by atoms with E-state index < -0.39 is 6.17 Å². The third kappa shape index (κ3) is 4.73. The zero-order valence-corrected chi connectivity index (χ0v) is 15.9. The first-order valence-electron chi connectivity index (χ1n) is 9.30. The molecular formula is C20H27FN4O2. The predicted octanol–water partition coefficient (Wildman–Crippen LogP) is 2.86. The van der Waals surface area contributed by atoms with Crippen LogP contribution in [-0.2, 0) is 17.8 Å². The molecule has 1 unspecified atom stereocenters. The van der Waals surface area contributed by atoms with Crippen molar-refractivity contribution >= 4 is 5.82 Å². The van der Waals surface area contributed by atoms with Crippen LogP contribution in [0.25, 0.3) is 11.3 Å². The normalized spacial score (nSPS) is 19.7. The third-order valence-electron chi connectivity index (χ3n) is 4.94. The van der Waals surface area contributed by atoms with Gasteiger partial charge in [0, 0.05) is 17.7 Å². The molecule has 0 spiro atoms. The second kappa shape index (κ2) is 8.63. The number of benzene rings is 1. The van der Waals surface area contributed by atoms with E-state index in [1.165, 1.54) is 0 Å². The van der Waals surface area contributed by atoms with Gasteiger partial charge in [0.25, 0.3) is 0 Å². The second-order valence-corrected chi connectivity index (χ2v) is 7.22. The molecule has 6 nitrogen and oxygen atoms in total. The molecule has 0 saturated carbocycles. The summed E-state index contributed by atoms with van der Waals surface area (Å²) < 4.78 is 17.8. The molecule has 1 aromatic carbocycles. The number of aromatic nitrogens is 2. The van der Waals surface area contributed by atoms with Gasteiger partial charge >= 0.3 is 0 Å². The second-order valence-electron chi connectivity index (χ2n) is 7.22. The number of likely N-dealkylation sites (tertiary alicyclic amines) is 1. The molecule has 1 fully saturated rings. The van der Waals surface area contributed by atoms with Gasteiger partial charge in [-0.05, 0) is 63.0 Å². The summed E-state index contributed by atoms with van der Waals surface area (Å²) in [6.07, 6.45) is 1.97. The van der Waals surface area contributed by atoms with Crippen molar-refractivity contribution in [3.8, 4) is 17.0 Å². The highest BCUT2D eigenvalue weighted by atomic mass is 19.1. The molecule has 3 N–H and O–H groups in total. The summed E-state index contributed by atoms with van der Waals surface area (Å²) in [6.45, 7) is 4.73. The van der Waals surface area contributed by atoms with Crippen LogP contribution in [0.5, 0.6) is 5.75 Å². The summed E-state index contributed by atoms with van der Waals surface area (Å²) in [4.78, 5) is 2.04. The SMILES string of the molecule is CN1CCCC(F)C1.Cc1ccc(-c2nnc(N)c3c2CCOC3)c(O)c1. The number of ether oxygens (including phenoxy) is 1. The number of nitrogen functional groups attached to an aromatic ring is 1. The average molecular weight is 374 g/mol. The van der Waals surface area contributed by atoms with Crippen molar-refractivity contribution in [2.45, 2.75) is 39.0 Å². The number of nitrogens with two attached hydrogens (primary N) is 1. The van der Waals surface area contributed by atoms with Crippen molar-refractivity contribution in [3.05, 3.63) is 34.9 Å². The van der Waals surface area contributed by atoms with Crippen molar-refractivity contribution in [1.29, 1.82) is 0 Å². The lowest BCUT2D eigenvalue weighted by Crippen LogP contribution is -2.32. The number of hydrogen-bond acceptors (Lipinski definition) is 6. The van der Waals surface area contributed by atoms with Crippen LogP contribution in [0.2, 0.25) is 0 Å². The molecule has 0 radical (unpaired) electrons. The number of anilines is 1. The van der Waals surface area contributed by atoms with Crippen LogP contribution in [0, 0.1) is 6.92 Å². The van der Waals surface area contributed by atoms with Crippen molar-refractivity contribution < 1.29 is 14.2 Å². The summed E-state index contributed by atoms with van der Waals surface area (Å²) in [5, 5.41) is 18.2. The minimum atomic E-state index is -0.561. The Labute approximate surface area is 159 Å². The molecule has 0 amide bonds. The van der Waals surface area contributed by atoms with Crippen LogP contribution >= 0.6 is 0 Å². The molecular weight excluding hydrogens is 347 g/mol. The highest BCUT2D eigenvalue weighted by molar-refractivity contribution is 5.72. The van der Waals surface area contributed by atoms with Crippen molar-refractivity contribution in [2.75, 3.05) is 32.5 Å². The van der Waals surface area contributed by atoms with E-state index in [0.717, 1.165) is 42.5 Å². The van der Waals surface area contributed by atoms with Crippen LogP contribution < -0.4 is 5.73 Å². The number of alkyl halides is 1. The molecule has 27 heavy (non-hydrogen) atoms. The summed E-state index contributed by atoms with van der Waals surface area (Å²) >= 11 is 0. The van der Waals surface area contributed by atoms with Crippen LogP contribution in [-0.4, -0.2) is 53.1 Å². The molecule has 2 aliphatic rings. The third-order valence-corrected chi connectivity index (χ3v) is 4.94. The first-order chi connectivity index (χ1) is 13.0. The average Bonchev–Trinajstić information content (AvgIpc) is 2.63. The molecule has 2 aliphatic heterocycles. The molecule has 1 saturated heterocycles. The summed E-state index contributed by atoms with van der Waals surface area (Å²) in [5.41, 5.74) is 10.1. The number of phenolic OH excluding ortho intramolecular Hbond substituents is 1. The van der Waals surface area contributed by atoms with Gasteiger partial charge in [-0.3, -0.25) is 0 Å². The number of aryl methyl sites for hydroxylation is 1. The first kappa shape index (κ1) is 19.5. The lowest BCUT2D eigenvalue weighted by Gasteiger charge is -2.24. The lowest BCUT2D eigenvalue weighted by molar-refractivity contribution is 0.111. The van der Waals surface area contributed by atoms with Crippen molar-refractivity contribution in [3.63, 3.8) is 0 Å². The summed E-state index contributed by atoms with van der Waals surface area (Å²) in [6, 6.07) is 5.53. The van der Waals surface area contributed by atoms with E-state index in [2.05, 4.69) is 10.2 Å². The zero-order chi connectivity index (χ0) is 19.4. The molecule has 3 heterocycles. The van der Waals surface area contributed by atoms with Gasteiger partial charge < -0.3 is 20.5 Å². The Hall–Kier alpha value is -2.25. The zero-order valence-electron chi connectivity index (χ0n) is 15.9. The fourth-order valence-corrected chi connectivity index (χ4v) is 3.46. The number of piperidine rings is 1. The highest BCUT2D eigenvalue weighted by Gasteiger charge is 2.21. The Balaban J connectivity index is 0.000000221. The minimum Gasteiger partial charge on any atom is -0.507 e. The fourth-order valence-electron chi connectivity index (χ4n) is 3.46. The van der Waals surface area contributed by atoms with Gasteiger partial charge in [0.1, 0.15) is 17.6 Å². The number of hydrogen-bond donors (Lipinski definition) is 2. The summed E-state index contributed by atoms with van der Waals surface area (Å²) in [7, 11) is 1.96. The molecule has 0 bridgehead atoms. The van der Waals surface area contributed by atoms with Crippen molar-refractivity contribution in [2.24, 2.45) is 0 Å². The van der Waals surface area contributed by atoms with E-state index in [0.29, 0.717) is 36.8 Å². The number of aromatic hydroxyl groups is 1. The minimum absolute atomic E-state index is 0.216. The molecule has 4 rings (SSSR count). The molecule has 1 aromatic heterocycles. The van der Waals surface area contributed by atoms with E-state index in [-0.39, 0.29) is 5.75 Å². The Bertz CT molecular complexity index is 792. The van der Waals surface area contributed by atoms with Gasteiger partial charge in [-0.2, -0.15) is 0 Å². The number of halogens is 1. The van der Waals surface area contributed by atoms with Crippen LogP contribution in [0.1, 0.15) is 29.5 Å². The van der Waals surface area contributed by atoms with Crippen LogP contribution in [0.4, 0.5) is 10.2 Å². The number of nitrogens with zero attached hydrogens (tertiary/aromatic N) is 3. The van der Waals surface area contributed by atoms with Gasteiger partial charge in [-0.1, -0.05) is 6.07 Å². The Morgan fingerprint density at radius 1 is 1.30 bits per heavy atom. The van der Waals surface area contributed by atoms with Gasteiger partial charge in [-0.25, -0.2) is 4.39 Å². The topological polar surface area (TPSA) is 84.5 Å². The van der Waals surface area contributed by atoms with Crippen LogP contribution in [0.3, 0.4) is 0 Å². The maximum Gasteiger partial charge on any atom is 0.151 e. The lowest BCUT2D eigenvalue weighted by atomic mass is 9.97. The Morgan fingerprint density at radius 3 is 2.78 bits per heavy atom. The smallest absolute Gasteiger partial charge is 0.151 e. The number of rotatable bonds is 1. The monoisotopic (exact) mass is 374 g/mol. The van der Waals surface area contributed by atoms with E-state index >= 15 is 0 Å². The number of phenols is 1. The van der Waals surface area contributed by atoms with Gasteiger partial charge in [0.05, 0.1) is 13.2 Å². The highest BCUT2D eigenvalue weighted by Crippen LogP contribution is 2.34. The summed E-state index contributed by atoms with van der Waals surface area (Å²) in [5.74, 6) is 0.623. The Kier molecular flexibility index (Phi) is 6.23. The first-order valence-corrected chi connectivity index (χ1v) is 9.30. The standard InChI is InChI=1S/C14H15N3O2.C6H12FN/c1-8-2-3-10(12(18)6-8)13-9-4-5-19-7-11(9)14(15)17-16-13;1-8-4-2-3-6(7)5-8/h2-3,6,18H,4-5,7H2,1H3,(H2,15,17);6H,2-5H2,1H3. The maximum absolute atomic E-state index is 12.4. The number of fused-ring (bicyclic) bond motifs is 1. The molecule has 1 atom stereocenters. The van der Waals surface area contributed by atoms with E-state index in [4.69, 9.17) is 10.5 Å². The van der Waals surface area contributed by atoms with E-state index in [1.807, 2.05) is 31.0 Å². The molecule has 7 heteroatoms. The maximum atomic E-state index is 12.4. The molecule has 0 aliphatic carbocycles. The van der Waals surface area contributed by atoms with Gasteiger partial charge in [0.15, 0.2) is 5.82 Å². The fraction of sp³-hybridized carbons (Fsp3) is 0.500. The molecule has 146 valence electrons. The largest absolute Gasteiger partial charge is 0.507 e. The van der Waals surface area contributed by atoms with Crippen LogP contribution in [0.15, 0.2) is 18.2 Å². The Morgan fingerprint density at radius 2 is 2.11 bits per heavy atom. The van der Waals surface area contributed by atoms with Gasteiger partial charge in [-0.15, -0.1) is 10.2 Å². The van der Waals surface area contributed by atoms with E-state index in [9.17, 15) is 9.50 Å². The quantitative estimate of drug-likeness (QED) is 0.798. The van der Waals surface area contributed by atoms with Gasteiger partial charge in [0.2, 0.25) is 0 Å². The van der Waals surface area contributed by atoms with E-state index in [1.54, 1.807) is 6.07 Å².